The number of hydrogen-bond acceptors (Lipinski definition) is 1. The highest BCUT2D eigenvalue weighted by Crippen LogP contribution is 2.30. The van der Waals surface area contributed by atoms with Crippen LogP contribution in [-0.4, -0.2) is 11.5 Å². The summed E-state index contributed by atoms with van der Waals surface area (Å²) in [6, 6.07) is 7.14. The molecule has 0 heterocycles. The average molecular weight is 208 g/mol. The second kappa shape index (κ2) is 4.13. The van der Waals surface area contributed by atoms with Crippen molar-refractivity contribution in [3.05, 3.63) is 35.4 Å². The molecule has 15 heavy (non-hydrogen) atoms. The maximum absolute atomic E-state index is 13.7. The van der Waals surface area contributed by atoms with E-state index in [-0.39, 0.29) is 11.7 Å². The summed E-state index contributed by atoms with van der Waals surface area (Å²) >= 11 is 0. The molecular weight excluding hydrogens is 191 g/mol. The van der Waals surface area contributed by atoms with E-state index in [9.17, 15) is 9.18 Å². The van der Waals surface area contributed by atoms with E-state index in [1.807, 2.05) is 19.1 Å². The number of Topliss-reactive ketones (excluding diaryl/α,β-unsaturated/α-hetero) is 1. The molecule has 1 atom stereocenters. The van der Waals surface area contributed by atoms with Gasteiger partial charge in [-0.25, -0.2) is 4.39 Å². The van der Waals surface area contributed by atoms with Crippen LogP contribution in [0.15, 0.2) is 24.3 Å². The lowest BCUT2D eigenvalue weighted by atomic mass is 9.87. The molecule has 0 saturated carbocycles. The Labute approximate surface area is 90.3 Å². The van der Waals surface area contributed by atoms with Gasteiger partial charge in [0.1, 0.15) is 5.67 Å². The Morgan fingerprint density at radius 1 is 1.27 bits per heavy atom. The highest BCUT2D eigenvalue weighted by Gasteiger charge is 2.26. The zero-order valence-corrected chi connectivity index (χ0v) is 9.67. The average Bonchev–Trinajstić information content (AvgIpc) is 2.15. The van der Waals surface area contributed by atoms with E-state index in [4.69, 9.17) is 0 Å². The van der Waals surface area contributed by atoms with Crippen molar-refractivity contribution in [2.24, 2.45) is 0 Å². The van der Waals surface area contributed by atoms with Crippen LogP contribution in [0.4, 0.5) is 4.39 Å². The Bertz CT molecular complexity index is 346. The molecule has 2 heteroatoms. The van der Waals surface area contributed by atoms with E-state index in [1.54, 1.807) is 26.0 Å². The number of halogens is 1. The Morgan fingerprint density at radius 3 is 2.07 bits per heavy atom. The van der Waals surface area contributed by atoms with Gasteiger partial charge < -0.3 is 0 Å². The van der Waals surface area contributed by atoms with Crippen molar-refractivity contribution in [1.29, 1.82) is 0 Å². The Balaban J connectivity index is 2.94. The van der Waals surface area contributed by atoms with E-state index < -0.39 is 5.67 Å². The zero-order valence-electron chi connectivity index (χ0n) is 9.67. The van der Waals surface area contributed by atoms with E-state index in [2.05, 4.69) is 0 Å². The van der Waals surface area contributed by atoms with Crippen LogP contribution in [0.5, 0.6) is 0 Å². The number of rotatable bonds is 3. The summed E-state index contributed by atoms with van der Waals surface area (Å²) < 4.78 is 13.7. The molecule has 1 nitrogen and oxygen atoms in total. The van der Waals surface area contributed by atoms with Gasteiger partial charge in [-0.2, -0.15) is 0 Å². The predicted octanol–water partition coefficient (Wildman–Crippen LogP) is 3.74. The summed E-state index contributed by atoms with van der Waals surface area (Å²) in [5.74, 6) is -0.132. The molecule has 0 amide bonds. The lowest BCUT2D eigenvalue weighted by Gasteiger charge is -2.23. The Kier molecular flexibility index (Phi) is 3.28. The van der Waals surface area contributed by atoms with Gasteiger partial charge in [0.25, 0.3) is 0 Å². The minimum absolute atomic E-state index is 0.0358. The first kappa shape index (κ1) is 11.9. The van der Waals surface area contributed by atoms with Crippen LogP contribution in [0.1, 0.15) is 49.5 Å². The summed E-state index contributed by atoms with van der Waals surface area (Å²) in [6.45, 7) is 6.51. The highest BCUT2D eigenvalue weighted by atomic mass is 19.1. The molecule has 0 N–H and O–H groups in total. The number of carbonyl (C=O) groups is 1. The fourth-order valence-corrected chi connectivity index (χ4v) is 1.40. The summed E-state index contributed by atoms with van der Waals surface area (Å²) in [5.41, 5.74) is 0.354. The van der Waals surface area contributed by atoms with Gasteiger partial charge in [0, 0.05) is 11.5 Å². The predicted molar refractivity (Wildman–Crippen MR) is 60.0 cm³/mol. The van der Waals surface area contributed by atoms with Crippen LogP contribution in [0, 0.1) is 0 Å². The minimum atomic E-state index is -1.24. The zero-order chi connectivity index (χ0) is 11.6. The molecule has 0 fully saturated rings. The Hall–Kier alpha value is -1.18. The van der Waals surface area contributed by atoms with Crippen LogP contribution in [0.2, 0.25) is 0 Å². The van der Waals surface area contributed by atoms with Gasteiger partial charge in [0.05, 0.1) is 0 Å². The fraction of sp³-hybridized carbons (Fsp3) is 0.462. The van der Waals surface area contributed by atoms with Crippen LogP contribution in [0.3, 0.4) is 0 Å². The van der Waals surface area contributed by atoms with E-state index in [0.717, 1.165) is 5.56 Å². The summed E-state index contributed by atoms with van der Waals surface area (Å²) in [4.78, 5) is 11.0. The molecule has 1 rings (SSSR count). The molecule has 0 radical (unpaired) electrons. The topological polar surface area (TPSA) is 17.1 Å². The molecule has 0 spiro atoms. The number of carbonyl (C=O) groups excluding carboxylic acids is 1. The molecule has 1 aromatic carbocycles. The third-order valence-corrected chi connectivity index (χ3v) is 2.85. The first-order valence-corrected chi connectivity index (χ1v) is 5.12. The van der Waals surface area contributed by atoms with Gasteiger partial charge in [-0.1, -0.05) is 31.2 Å². The van der Waals surface area contributed by atoms with Crippen molar-refractivity contribution in [3.63, 3.8) is 0 Å². The second-order valence-corrected chi connectivity index (χ2v) is 4.46. The number of alkyl halides is 1. The number of ketones is 1. The second-order valence-electron chi connectivity index (χ2n) is 4.46. The van der Waals surface area contributed by atoms with Gasteiger partial charge in [-0.05, 0) is 26.3 Å². The summed E-state index contributed by atoms with van der Waals surface area (Å²) in [5, 5.41) is 0. The fourth-order valence-electron chi connectivity index (χ4n) is 1.40. The molecule has 0 aliphatic rings. The lowest BCUT2D eigenvalue weighted by molar-refractivity contribution is 0.101. The number of hydrogen-bond donors (Lipinski definition) is 0. The van der Waals surface area contributed by atoms with Crippen molar-refractivity contribution in [2.75, 3.05) is 0 Å². The van der Waals surface area contributed by atoms with E-state index in [1.165, 1.54) is 6.92 Å². The van der Waals surface area contributed by atoms with Crippen molar-refractivity contribution in [3.8, 4) is 0 Å². The monoisotopic (exact) mass is 208 g/mol. The van der Waals surface area contributed by atoms with Gasteiger partial charge in [0.2, 0.25) is 0 Å². The normalized spacial score (nSPS) is 13.7. The molecular formula is C13H17FO. The minimum Gasteiger partial charge on any atom is -0.295 e. The molecule has 1 unspecified atom stereocenters. The van der Waals surface area contributed by atoms with E-state index in [0.29, 0.717) is 5.56 Å². The largest absolute Gasteiger partial charge is 0.295 e. The van der Waals surface area contributed by atoms with Crippen molar-refractivity contribution in [1.82, 2.24) is 0 Å². The molecule has 0 bridgehead atoms. The maximum atomic E-state index is 13.7. The smallest absolute Gasteiger partial charge is 0.159 e. The molecule has 82 valence electrons. The van der Waals surface area contributed by atoms with Crippen LogP contribution < -0.4 is 0 Å². The quantitative estimate of drug-likeness (QED) is 0.691. The third kappa shape index (κ3) is 2.88. The van der Waals surface area contributed by atoms with Gasteiger partial charge >= 0.3 is 0 Å². The molecule has 0 aliphatic heterocycles. The van der Waals surface area contributed by atoms with Gasteiger partial charge in [-0.15, -0.1) is 0 Å². The standard InChI is InChI=1S/C13H17FO/c1-9(13(3,4)14)11-5-7-12(8-6-11)10(2)15/h5-9H,1-4H3. The van der Waals surface area contributed by atoms with Crippen LogP contribution >= 0.6 is 0 Å². The molecule has 0 aliphatic carbocycles. The van der Waals surface area contributed by atoms with E-state index >= 15 is 0 Å². The highest BCUT2D eigenvalue weighted by molar-refractivity contribution is 5.94. The van der Waals surface area contributed by atoms with Crippen LogP contribution in [0.25, 0.3) is 0 Å². The first-order chi connectivity index (χ1) is 6.82. The summed E-state index contributed by atoms with van der Waals surface area (Å²) in [7, 11) is 0. The molecule has 0 aromatic heterocycles. The lowest BCUT2D eigenvalue weighted by Crippen LogP contribution is -2.21. The number of benzene rings is 1. The molecule has 1 aromatic rings. The van der Waals surface area contributed by atoms with Gasteiger partial charge in [0.15, 0.2) is 5.78 Å². The first-order valence-electron chi connectivity index (χ1n) is 5.12. The summed E-state index contributed by atoms with van der Waals surface area (Å²) in [6.07, 6.45) is 0. The van der Waals surface area contributed by atoms with Crippen molar-refractivity contribution in [2.45, 2.75) is 39.3 Å². The SMILES string of the molecule is CC(=O)c1ccc(C(C)C(C)(C)F)cc1. The van der Waals surface area contributed by atoms with Crippen LogP contribution in [-0.2, 0) is 0 Å². The Morgan fingerprint density at radius 2 is 1.73 bits per heavy atom. The van der Waals surface area contributed by atoms with Crippen molar-refractivity contribution < 1.29 is 9.18 Å². The van der Waals surface area contributed by atoms with Crippen molar-refractivity contribution >= 4 is 5.78 Å². The third-order valence-electron chi connectivity index (χ3n) is 2.85. The van der Waals surface area contributed by atoms with Gasteiger partial charge in [-0.3, -0.25) is 4.79 Å². The molecule has 0 saturated heterocycles. The maximum Gasteiger partial charge on any atom is 0.159 e.